The molecule has 25 heavy (non-hydrogen) atoms. The van der Waals surface area contributed by atoms with Crippen LogP contribution in [0.5, 0.6) is 0 Å². The van der Waals surface area contributed by atoms with Crippen molar-refractivity contribution in [1.29, 1.82) is 0 Å². The Balaban J connectivity index is 1.71. The molecule has 1 aliphatic rings. The van der Waals surface area contributed by atoms with Crippen LogP contribution >= 0.6 is 23.2 Å². The van der Waals surface area contributed by atoms with E-state index in [2.05, 4.69) is 15.0 Å². The molecule has 1 aromatic heterocycles. The predicted octanol–water partition coefficient (Wildman–Crippen LogP) is 4.28. The molecule has 0 atom stereocenters. The van der Waals surface area contributed by atoms with Gasteiger partial charge in [-0.05, 0) is 36.4 Å². The van der Waals surface area contributed by atoms with Crippen LogP contribution in [0.3, 0.4) is 0 Å². The molecule has 1 aliphatic heterocycles. The highest BCUT2D eigenvalue weighted by Gasteiger charge is 2.24. The van der Waals surface area contributed by atoms with Crippen LogP contribution in [0, 0.1) is 0 Å². The van der Waals surface area contributed by atoms with Crippen LogP contribution in [0.4, 0.5) is 0 Å². The molecule has 0 saturated carbocycles. The van der Waals surface area contributed by atoms with Gasteiger partial charge in [0, 0.05) is 5.56 Å². The van der Waals surface area contributed by atoms with Gasteiger partial charge in [0.15, 0.2) is 5.70 Å². The number of esters is 1. The number of carbonyl (C=O) groups excluding carboxylic acids is 1. The molecule has 0 saturated heterocycles. The van der Waals surface area contributed by atoms with Gasteiger partial charge in [-0.1, -0.05) is 35.3 Å². The molecule has 0 unspecified atom stereocenters. The molecule has 0 aliphatic carbocycles. The molecule has 122 valence electrons. The number of ether oxygens (including phenoxy) is 1. The molecule has 2 aromatic carbocycles. The Hall–Kier alpha value is -2.76. The summed E-state index contributed by atoms with van der Waals surface area (Å²) < 4.78 is 5.21. The molecular formula is C18H9Cl2N3O2. The summed E-state index contributed by atoms with van der Waals surface area (Å²) in [4.78, 5) is 25.0. The molecule has 0 fully saturated rings. The third-order valence-corrected chi connectivity index (χ3v) is 4.28. The number of cyclic esters (lactones) is 1. The van der Waals surface area contributed by atoms with Gasteiger partial charge in [0.05, 0.1) is 33.0 Å². The maximum absolute atomic E-state index is 12.1. The standard InChI is InChI=1S/C18H9Cl2N3O2/c19-12-6-5-10(7-13(12)20)17-23-16(18(24)25-17)8-11-9-21-14-3-1-2-4-15(14)22-11/h1-9H/b16-8-. The second kappa shape index (κ2) is 6.27. The first-order chi connectivity index (χ1) is 12.1. The molecular weight excluding hydrogens is 361 g/mol. The summed E-state index contributed by atoms with van der Waals surface area (Å²) in [5.41, 5.74) is 2.74. The van der Waals surface area contributed by atoms with E-state index >= 15 is 0 Å². The second-order valence-electron chi connectivity index (χ2n) is 5.25. The lowest BCUT2D eigenvalue weighted by molar-refractivity contribution is -0.129. The van der Waals surface area contributed by atoms with E-state index in [-0.39, 0.29) is 11.6 Å². The topological polar surface area (TPSA) is 64.4 Å². The first kappa shape index (κ1) is 15.7. The number of aromatic nitrogens is 2. The van der Waals surface area contributed by atoms with Crippen molar-refractivity contribution < 1.29 is 9.53 Å². The summed E-state index contributed by atoms with van der Waals surface area (Å²) in [5, 5.41) is 0.772. The minimum atomic E-state index is -0.559. The normalized spacial score (nSPS) is 15.5. The fourth-order valence-corrected chi connectivity index (χ4v) is 2.64. The average Bonchev–Trinajstić information content (AvgIpc) is 2.98. The van der Waals surface area contributed by atoms with Gasteiger partial charge < -0.3 is 4.74 Å². The first-order valence-corrected chi connectivity index (χ1v) is 8.05. The molecule has 0 bridgehead atoms. The van der Waals surface area contributed by atoms with E-state index in [1.54, 1.807) is 24.4 Å². The number of hydrogen-bond acceptors (Lipinski definition) is 5. The Labute approximate surface area is 152 Å². The zero-order chi connectivity index (χ0) is 17.4. The van der Waals surface area contributed by atoms with Crippen molar-refractivity contribution in [2.24, 2.45) is 4.99 Å². The largest absolute Gasteiger partial charge is 0.402 e. The molecule has 0 radical (unpaired) electrons. The molecule has 0 N–H and O–H groups in total. The van der Waals surface area contributed by atoms with E-state index in [4.69, 9.17) is 27.9 Å². The summed E-state index contributed by atoms with van der Waals surface area (Å²) >= 11 is 11.9. The van der Waals surface area contributed by atoms with E-state index in [1.807, 2.05) is 24.3 Å². The monoisotopic (exact) mass is 369 g/mol. The third-order valence-electron chi connectivity index (χ3n) is 3.54. The van der Waals surface area contributed by atoms with Gasteiger partial charge in [-0.15, -0.1) is 0 Å². The summed E-state index contributed by atoms with van der Waals surface area (Å²) in [5.74, 6) is -0.389. The summed E-state index contributed by atoms with van der Waals surface area (Å²) in [6.07, 6.45) is 3.11. The zero-order valence-electron chi connectivity index (χ0n) is 12.6. The lowest BCUT2D eigenvalue weighted by Gasteiger charge is -2.01. The quantitative estimate of drug-likeness (QED) is 0.499. The maximum Gasteiger partial charge on any atom is 0.363 e. The van der Waals surface area contributed by atoms with Crippen LogP contribution in [-0.4, -0.2) is 21.8 Å². The Morgan fingerprint density at radius 3 is 2.60 bits per heavy atom. The van der Waals surface area contributed by atoms with E-state index in [0.29, 0.717) is 21.3 Å². The van der Waals surface area contributed by atoms with Crippen LogP contribution in [0.15, 0.2) is 59.4 Å². The number of hydrogen-bond donors (Lipinski definition) is 0. The first-order valence-electron chi connectivity index (χ1n) is 7.30. The van der Waals surface area contributed by atoms with Crippen LogP contribution in [-0.2, 0) is 9.53 Å². The fraction of sp³-hybridized carbons (Fsp3) is 0. The second-order valence-corrected chi connectivity index (χ2v) is 6.06. The van der Waals surface area contributed by atoms with E-state index < -0.39 is 5.97 Å². The van der Waals surface area contributed by atoms with Gasteiger partial charge >= 0.3 is 5.97 Å². The van der Waals surface area contributed by atoms with Gasteiger partial charge in [-0.25, -0.2) is 14.8 Å². The highest BCUT2D eigenvalue weighted by molar-refractivity contribution is 6.42. The van der Waals surface area contributed by atoms with Crippen molar-refractivity contribution >= 4 is 52.2 Å². The van der Waals surface area contributed by atoms with E-state index in [1.165, 1.54) is 6.08 Å². The summed E-state index contributed by atoms with van der Waals surface area (Å²) in [7, 11) is 0. The Bertz CT molecular complexity index is 1080. The Morgan fingerprint density at radius 2 is 1.80 bits per heavy atom. The number of carbonyl (C=O) groups is 1. The van der Waals surface area contributed by atoms with Gasteiger partial charge in [0.1, 0.15) is 0 Å². The van der Waals surface area contributed by atoms with Gasteiger partial charge in [0.2, 0.25) is 5.90 Å². The minimum absolute atomic E-state index is 0.144. The number of benzene rings is 2. The lowest BCUT2D eigenvalue weighted by atomic mass is 10.2. The summed E-state index contributed by atoms with van der Waals surface area (Å²) in [6, 6.07) is 12.4. The fourth-order valence-electron chi connectivity index (χ4n) is 2.34. The maximum atomic E-state index is 12.1. The van der Waals surface area contributed by atoms with Crippen molar-refractivity contribution in [2.75, 3.05) is 0 Å². The SMILES string of the molecule is O=C1OC(c2ccc(Cl)c(Cl)c2)=N/C1=C\c1cnc2ccccc2n1. The smallest absolute Gasteiger partial charge is 0.363 e. The number of rotatable bonds is 2. The zero-order valence-corrected chi connectivity index (χ0v) is 14.1. The number of halogens is 2. The van der Waals surface area contributed by atoms with Crippen LogP contribution in [0.25, 0.3) is 17.1 Å². The highest BCUT2D eigenvalue weighted by Crippen LogP contribution is 2.25. The molecule has 0 spiro atoms. The van der Waals surface area contributed by atoms with Crippen molar-refractivity contribution in [3.63, 3.8) is 0 Å². The van der Waals surface area contributed by atoms with E-state index in [9.17, 15) is 4.79 Å². The molecule has 4 rings (SSSR count). The Morgan fingerprint density at radius 1 is 1.00 bits per heavy atom. The molecule has 3 aromatic rings. The Kier molecular flexibility index (Phi) is 3.95. The molecule has 0 amide bonds. The highest BCUT2D eigenvalue weighted by atomic mass is 35.5. The van der Waals surface area contributed by atoms with Crippen LogP contribution in [0.2, 0.25) is 10.0 Å². The molecule has 2 heterocycles. The van der Waals surface area contributed by atoms with Gasteiger partial charge in [0.25, 0.3) is 0 Å². The number of nitrogens with zero attached hydrogens (tertiary/aromatic N) is 3. The van der Waals surface area contributed by atoms with Gasteiger partial charge in [-0.3, -0.25) is 4.98 Å². The van der Waals surface area contributed by atoms with Crippen molar-refractivity contribution in [3.05, 3.63) is 75.7 Å². The van der Waals surface area contributed by atoms with E-state index in [0.717, 1.165) is 11.0 Å². The number of para-hydroxylation sites is 2. The third kappa shape index (κ3) is 3.12. The number of aliphatic imine (C=N–C) groups is 1. The predicted molar refractivity (Wildman–Crippen MR) is 96.6 cm³/mol. The lowest BCUT2D eigenvalue weighted by Crippen LogP contribution is -2.05. The van der Waals surface area contributed by atoms with Crippen molar-refractivity contribution in [2.45, 2.75) is 0 Å². The van der Waals surface area contributed by atoms with Crippen molar-refractivity contribution in [3.8, 4) is 0 Å². The van der Waals surface area contributed by atoms with Gasteiger partial charge in [-0.2, -0.15) is 0 Å². The van der Waals surface area contributed by atoms with Crippen molar-refractivity contribution in [1.82, 2.24) is 9.97 Å². The average molecular weight is 370 g/mol. The van der Waals surface area contributed by atoms with Crippen LogP contribution < -0.4 is 0 Å². The molecule has 7 heteroatoms. The molecule has 5 nitrogen and oxygen atoms in total. The number of fused-ring (bicyclic) bond motifs is 1. The van der Waals surface area contributed by atoms with Crippen LogP contribution in [0.1, 0.15) is 11.3 Å². The summed E-state index contributed by atoms with van der Waals surface area (Å²) in [6.45, 7) is 0. The minimum Gasteiger partial charge on any atom is -0.402 e.